The third kappa shape index (κ3) is 6.74. The van der Waals surface area contributed by atoms with Gasteiger partial charge in [0.05, 0.1) is 6.04 Å². The number of nitrogens with two attached hydrogens (primary N) is 1. The molecule has 3 N–H and O–H groups in total. The van der Waals surface area contributed by atoms with E-state index in [1.54, 1.807) is 0 Å². The molecule has 0 radical (unpaired) electrons. The average molecular weight is 291 g/mol. The van der Waals surface area contributed by atoms with Crippen LogP contribution in [0.25, 0.3) is 0 Å². The number of amides is 1. The number of hydrogen-bond acceptors (Lipinski definition) is 3. The zero-order valence-corrected chi connectivity index (χ0v) is 13.5. The van der Waals surface area contributed by atoms with E-state index in [1.165, 1.54) is 5.56 Å². The predicted octanol–water partition coefficient (Wildman–Crippen LogP) is 2.00. The van der Waals surface area contributed by atoms with Crippen LogP contribution in [0.2, 0.25) is 0 Å². The first-order chi connectivity index (χ1) is 10.0. The first-order valence-corrected chi connectivity index (χ1v) is 7.80. The van der Waals surface area contributed by atoms with E-state index in [0.717, 1.165) is 25.9 Å². The van der Waals surface area contributed by atoms with Gasteiger partial charge in [-0.25, -0.2) is 0 Å². The van der Waals surface area contributed by atoms with E-state index < -0.39 is 6.04 Å². The number of hydrogen-bond donors (Lipinski definition) is 2. The molecule has 21 heavy (non-hydrogen) atoms. The molecular weight excluding hydrogens is 262 g/mol. The molecule has 1 rings (SSSR count). The summed E-state index contributed by atoms with van der Waals surface area (Å²) < 4.78 is 0. The van der Waals surface area contributed by atoms with E-state index >= 15 is 0 Å². The van der Waals surface area contributed by atoms with Gasteiger partial charge in [-0.15, -0.1) is 0 Å². The van der Waals surface area contributed by atoms with Crippen LogP contribution in [-0.4, -0.2) is 37.0 Å². The van der Waals surface area contributed by atoms with Gasteiger partial charge in [-0.2, -0.15) is 0 Å². The zero-order chi connectivity index (χ0) is 15.7. The van der Waals surface area contributed by atoms with Gasteiger partial charge < -0.3 is 16.0 Å². The smallest absolute Gasteiger partial charge is 0.237 e. The Bertz CT molecular complexity index is 408. The molecule has 0 bridgehead atoms. The van der Waals surface area contributed by atoms with Gasteiger partial charge in [0.25, 0.3) is 0 Å². The molecule has 0 aromatic heterocycles. The highest BCUT2D eigenvalue weighted by Gasteiger charge is 2.18. The molecule has 118 valence electrons. The van der Waals surface area contributed by atoms with Gasteiger partial charge in [0.15, 0.2) is 0 Å². The minimum Gasteiger partial charge on any atom is -0.355 e. The third-order valence-electron chi connectivity index (χ3n) is 3.87. The van der Waals surface area contributed by atoms with E-state index in [-0.39, 0.29) is 11.8 Å². The normalized spacial score (nSPS) is 14.0. The Balaban J connectivity index is 2.17. The van der Waals surface area contributed by atoms with Crippen molar-refractivity contribution in [3.05, 3.63) is 35.9 Å². The van der Waals surface area contributed by atoms with Crippen molar-refractivity contribution in [1.29, 1.82) is 0 Å². The highest BCUT2D eigenvalue weighted by atomic mass is 16.2. The molecule has 2 atom stereocenters. The fourth-order valence-electron chi connectivity index (χ4n) is 2.16. The highest BCUT2D eigenvalue weighted by Crippen LogP contribution is 2.05. The molecule has 0 fully saturated rings. The van der Waals surface area contributed by atoms with E-state index in [4.69, 9.17) is 5.73 Å². The fourth-order valence-corrected chi connectivity index (χ4v) is 2.16. The van der Waals surface area contributed by atoms with Crippen LogP contribution in [0, 0.1) is 5.92 Å². The monoisotopic (exact) mass is 291 g/mol. The van der Waals surface area contributed by atoms with Crippen LogP contribution in [0.5, 0.6) is 0 Å². The molecule has 0 saturated heterocycles. The summed E-state index contributed by atoms with van der Waals surface area (Å²) in [6.45, 7) is 6.63. The molecule has 0 aliphatic heterocycles. The van der Waals surface area contributed by atoms with Crippen molar-refractivity contribution in [2.45, 2.75) is 39.3 Å². The molecule has 0 saturated carbocycles. The summed E-state index contributed by atoms with van der Waals surface area (Å²) in [5.41, 5.74) is 7.20. The van der Waals surface area contributed by atoms with Crippen LogP contribution in [0.1, 0.15) is 32.3 Å². The number of carbonyl (C=O) groups is 1. The van der Waals surface area contributed by atoms with Gasteiger partial charge in [0, 0.05) is 13.1 Å². The van der Waals surface area contributed by atoms with E-state index in [1.807, 2.05) is 13.0 Å². The number of carbonyl (C=O) groups excluding carboxylic acids is 1. The summed E-state index contributed by atoms with van der Waals surface area (Å²) in [5.74, 6) is 0.195. The van der Waals surface area contributed by atoms with Gasteiger partial charge in [0.1, 0.15) is 0 Å². The molecule has 0 aliphatic rings. The molecule has 1 amide bonds. The molecule has 0 spiro atoms. The quantitative estimate of drug-likeness (QED) is 0.684. The summed E-state index contributed by atoms with van der Waals surface area (Å²) in [5, 5.41) is 2.93. The summed E-state index contributed by atoms with van der Waals surface area (Å²) in [4.78, 5) is 14.1. The lowest BCUT2D eigenvalue weighted by molar-refractivity contribution is -0.123. The second kappa shape index (κ2) is 9.53. The van der Waals surface area contributed by atoms with Gasteiger partial charge >= 0.3 is 0 Å². The Morgan fingerprint density at radius 3 is 2.62 bits per heavy atom. The predicted molar refractivity (Wildman–Crippen MR) is 87.8 cm³/mol. The van der Waals surface area contributed by atoms with Crippen molar-refractivity contribution >= 4 is 5.91 Å². The molecule has 0 aliphatic carbocycles. The molecule has 4 nitrogen and oxygen atoms in total. The van der Waals surface area contributed by atoms with Gasteiger partial charge in [-0.1, -0.05) is 50.6 Å². The van der Waals surface area contributed by atoms with Crippen molar-refractivity contribution in [3.8, 4) is 0 Å². The van der Waals surface area contributed by atoms with Gasteiger partial charge in [-0.3, -0.25) is 4.79 Å². The lowest BCUT2D eigenvalue weighted by Gasteiger charge is -2.19. The Morgan fingerprint density at radius 2 is 2.00 bits per heavy atom. The fraction of sp³-hybridized carbons (Fsp3) is 0.588. The van der Waals surface area contributed by atoms with E-state index in [0.29, 0.717) is 6.54 Å². The summed E-state index contributed by atoms with van der Waals surface area (Å²) in [6.07, 6.45) is 1.86. The van der Waals surface area contributed by atoms with Crippen molar-refractivity contribution in [1.82, 2.24) is 10.2 Å². The topological polar surface area (TPSA) is 58.4 Å². The van der Waals surface area contributed by atoms with Crippen molar-refractivity contribution in [3.63, 3.8) is 0 Å². The standard InChI is InChI=1S/C17H29N3O/c1-4-14(2)16(18)17(21)19-11-8-12-20(3)13-15-9-6-5-7-10-15/h5-7,9-10,14,16H,4,8,11-13,18H2,1-3H3,(H,19,21). The van der Waals surface area contributed by atoms with Crippen LogP contribution in [0.15, 0.2) is 30.3 Å². The molecule has 4 heteroatoms. The minimum atomic E-state index is -0.392. The lowest BCUT2D eigenvalue weighted by Crippen LogP contribution is -2.45. The Hall–Kier alpha value is -1.39. The second-order valence-corrected chi connectivity index (χ2v) is 5.78. The number of nitrogens with zero attached hydrogens (tertiary/aromatic N) is 1. The van der Waals surface area contributed by atoms with Crippen LogP contribution in [0.3, 0.4) is 0 Å². The molecule has 1 aromatic rings. The van der Waals surface area contributed by atoms with Gasteiger partial charge in [0.2, 0.25) is 5.91 Å². The third-order valence-corrected chi connectivity index (χ3v) is 3.87. The van der Waals surface area contributed by atoms with Crippen molar-refractivity contribution in [2.24, 2.45) is 11.7 Å². The first-order valence-electron chi connectivity index (χ1n) is 7.80. The molecular formula is C17H29N3O. The Labute approximate surface area is 128 Å². The number of rotatable bonds is 9. The zero-order valence-electron chi connectivity index (χ0n) is 13.5. The Morgan fingerprint density at radius 1 is 1.33 bits per heavy atom. The van der Waals surface area contributed by atoms with Crippen LogP contribution in [0.4, 0.5) is 0 Å². The summed E-state index contributed by atoms with van der Waals surface area (Å²) >= 11 is 0. The van der Waals surface area contributed by atoms with E-state index in [2.05, 4.69) is 48.5 Å². The maximum Gasteiger partial charge on any atom is 0.237 e. The lowest BCUT2D eigenvalue weighted by atomic mass is 9.99. The maximum absolute atomic E-state index is 11.8. The molecule has 1 aromatic carbocycles. The van der Waals surface area contributed by atoms with E-state index in [9.17, 15) is 4.79 Å². The number of benzene rings is 1. The largest absolute Gasteiger partial charge is 0.355 e. The molecule has 0 heterocycles. The van der Waals surface area contributed by atoms with Gasteiger partial charge in [-0.05, 0) is 31.5 Å². The van der Waals surface area contributed by atoms with Crippen molar-refractivity contribution < 1.29 is 4.79 Å². The average Bonchev–Trinajstić information content (AvgIpc) is 2.50. The Kier molecular flexibility index (Phi) is 8.01. The second-order valence-electron chi connectivity index (χ2n) is 5.78. The maximum atomic E-state index is 11.8. The summed E-state index contributed by atoms with van der Waals surface area (Å²) in [6, 6.07) is 10.0. The van der Waals surface area contributed by atoms with Crippen LogP contribution < -0.4 is 11.1 Å². The SMILES string of the molecule is CCC(C)C(N)C(=O)NCCCN(C)Cc1ccccc1. The highest BCUT2D eigenvalue weighted by molar-refractivity contribution is 5.81. The summed E-state index contributed by atoms with van der Waals surface area (Å²) in [7, 11) is 2.10. The van der Waals surface area contributed by atoms with Crippen LogP contribution >= 0.6 is 0 Å². The minimum absolute atomic E-state index is 0.0323. The first kappa shape index (κ1) is 17.7. The number of nitrogens with one attached hydrogen (secondary N) is 1. The van der Waals surface area contributed by atoms with Crippen molar-refractivity contribution in [2.75, 3.05) is 20.1 Å². The van der Waals surface area contributed by atoms with Crippen LogP contribution in [-0.2, 0) is 11.3 Å². The molecule has 2 unspecified atom stereocenters.